The van der Waals surface area contributed by atoms with Crippen LogP contribution in [0.15, 0.2) is 36.4 Å². The summed E-state index contributed by atoms with van der Waals surface area (Å²) in [4.78, 5) is 11.8. The van der Waals surface area contributed by atoms with Crippen molar-refractivity contribution in [2.45, 2.75) is 13.1 Å². The predicted molar refractivity (Wildman–Crippen MR) is 70.7 cm³/mol. The number of carbonyl (C=O) groups excluding carboxylic acids is 1. The van der Waals surface area contributed by atoms with Crippen molar-refractivity contribution in [3.05, 3.63) is 53.3 Å². The number of nitrogens with one attached hydrogen (secondary N) is 2. The molecule has 4 heteroatoms. The van der Waals surface area contributed by atoms with Gasteiger partial charge in [0.25, 0.3) is 5.91 Å². The Morgan fingerprint density at radius 3 is 2.94 bits per heavy atom. The zero-order valence-corrected chi connectivity index (χ0v) is 10.2. The van der Waals surface area contributed by atoms with Crippen LogP contribution in [0.3, 0.4) is 0 Å². The van der Waals surface area contributed by atoms with Gasteiger partial charge in [0.1, 0.15) is 5.69 Å². The summed E-state index contributed by atoms with van der Waals surface area (Å²) in [5.74, 6) is -0.0411. The van der Waals surface area contributed by atoms with Gasteiger partial charge in [-0.2, -0.15) is 0 Å². The van der Waals surface area contributed by atoms with Crippen molar-refractivity contribution in [2.75, 3.05) is 12.4 Å². The molecule has 3 rings (SSSR count). The second-order valence-corrected chi connectivity index (χ2v) is 4.39. The van der Waals surface area contributed by atoms with Gasteiger partial charge in [0.05, 0.1) is 13.1 Å². The Balaban J connectivity index is 2.06. The average Bonchev–Trinajstić information content (AvgIpc) is 2.71. The molecule has 1 aromatic heterocycles. The first kappa shape index (κ1) is 10.9. The second-order valence-electron chi connectivity index (χ2n) is 4.39. The van der Waals surface area contributed by atoms with E-state index < -0.39 is 0 Å². The van der Waals surface area contributed by atoms with Gasteiger partial charge in [-0.25, -0.2) is 0 Å². The summed E-state index contributed by atoms with van der Waals surface area (Å²) in [6, 6.07) is 12.1. The zero-order chi connectivity index (χ0) is 12.5. The van der Waals surface area contributed by atoms with Crippen molar-refractivity contribution in [1.82, 2.24) is 9.88 Å². The third-order valence-corrected chi connectivity index (χ3v) is 3.34. The van der Waals surface area contributed by atoms with Crippen LogP contribution in [0.25, 0.3) is 0 Å². The lowest BCUT2D eigenvalue weighted by atomic mass is 10.2. The fraction of sp³-hybridized carbons (Fsp3) is 0.214. The van der Waals surface area contributed by atoms with Gasteiger partial charge in [-0.05, 0) is 23.8 Å². The van der Waals surface area contributed by atoms with E-state index in [0.717, 1.165) is 24.5 Å². The van der Waals surface area contributed by atoms with E-state index in [4.69, 9.17) is 0 Å². The van der Waals surface area contributed by atoms with Crippen LogP contribution in [-0.4, -0.2) is 17.5 Å². The van der Waals surface area contributed by atoms with E-state index in [-0.39, 0.29) is 5.91 Å². The topological polar surface area (TPSA) is 46.1 Å². The van der Waals surface area contributed by atoms with Gasteiger partial charge < -0.3 is 15.2 Å². The van der Waals surface area contributed by atoms with Crippen LogP contribution in [0.2, 0.25) is 0 Å². The maximum Gasteiger partial charge on any atom is 0.267 e. The Morgan fingerprint density at radius 1 is 1.28 bits per heavy atom. The van der Waals surface area contributed by atoms with Crippen molar-refractivity contribution < 1.29 is 4.79 Å². The summed E-state index contributed by atoms with van der Waals surface area (Å²) in [5, 5.41) is 6.08. The molecule has 0 bridgehead atoms. The highest BCUT2D eigenvalue weighted by molar-refractivity contribution is 5.92. The Morgan fingerprint density at radius 2 is 2.11 bits per heavy atom. The molecule has 0 unspecified atom stereocenters. The molecule has 0 radical (unpaired) electrons. The number of carbonyl (C=O) groups is 1. The number of aromatic nitrogens is 1. The third kappa shape index (κ3) is 1.66. The molecule has 1 aliphatic heterocycles. The van der Waals surface area contributed by atoms with E-state index in [0.29, 0.717) is 5.69 Å². The second kappa shape index (κ2) is 4.22. The molecule has 0 saturated carbocycles. The molecule has 0 spiro atoms. The minimum atomic E-state index is -0.0411. The van der Waals surface area contributed by atoms with E-state index in [1.165, 1.54) is 5.56 Å². The Labute approximate surface area is 106 Å². The minimum Gasteiger partial charge on any atom is -0.379 e. The molecule has 2 heterocycles. The Bertz CT molecular complexity index is 601. The van der Waals surface area contributed by atoms with E-state index in [1.807, 2.05) is 24.3 Å². The minimum absolute atomic E-state index is 0.0411. The lowest BCUT2D eigenvalue weighted by Gasteiger charge is -2.10. The highest BCUT2D eigenvalue weighted by atomic mass is 16.1. The number of rotatable bonds is 1. The first-order valence-corrected chi connectivity index (χ1v) is 6.02. The largest absolute Gasteiger partial charge is 0.379 e. The third-order valence-electron chi connectivity index (χ3n) is 3.34. The first-order chi connectivity index (χ1) is 8.79. The molecule has 1 aromatic carbocycles. The molecule has 0 fully saturated rings. The highest BCUT2D eigenvalue weighted by Gasteiger charge is 2.17. The molecular formula is C14H15N3O. The molecule has 4 nitrogen and oxygen atoms in total. The predicted octanol–water partition coefficient (Wildman–Crippen LogP) is 1.82. The zero-order valence-electron chi connectivity index (χ0n) is 10.2. The molecule has 2 aromatic rings. The maximum atomic E-state index is 11.8. The van der Waals surface area contributed by atoms with Crippen LogP contribution in [0, 0.1) is 0 Å². The van der Waals surface area contributed by atoms with Crippen molar-refractivity contribution in [3.63, 3.8) is 0 Å². The molecule has 0 saturated heterocycles. The number of benzene rings is 1. The summed E-state index contributed by atoms with van der Waals surface area (Å²) in [5.41, 5.74) is 4.19. The molecular weight excluding hydrogens is 226 g/mol. The molecule has 2 N–H and O–H groups in total. The van der Waals surface area contributed by atoms with Gasteiger partial charge in [0.15, 0.2) is 0 Å². The molecule has 18 heavy (non-hydrogen) atoms. The number of anilines is 1. The fourth-order valence-electron chi connectivity index (χ4n) is 2.36. The van der Waals surface area contributed by atoms with Gasteiger partial charge in [-0.15, -0.1) is 0 Å². The SMILES string of the molecule is CNC(=O)c1ccc2n1Cc1ccccc1NC2. The quantitative estimate of drug-likeness (QED) is 0.800. The van der Waals surface area contributed by atoms with Crippen LogP contribution in [0.4, 0.5) is 5.69 Å². The van der Waals surface area contributed by atoms with E-state index >= 15 is 0 Å². The maximum absolute atomic E-state index is 11.8. The molecule has 0 aliphatic carbocycles. The van der Waals surface area contributed by atoms with Crippen molar-refractivity contribution in [1.29, 1.82) is 0 Å². The smallest absolute Gasteiger partial charge is 0.267 e. The number of fused-ring (bicyclic) bond motifs is 2. The standard InChI is InChI=1S/C14H15N3O/c1-15-14(18)13-7-6-11-8-16-12-5-3-2-4-10(12)9-17(11)13/h2-7,16H,8-9H2,1H3,(H,15,18). The number of amides is 1. The summed E-state index contributed by atoms with van der Waals surface area (Å²) in [6.07, 6.45) is 0. The summed E-state index contributed by atoms with van der Waals surface area (Å²) >= 11 is 0. The molecule has 1 amide bonds. The lowest BCUT2D eigenvalue weighted by Crippen LogP contribution is -2.22. The normalized spacial score (nSPS) is 12.9. The van der Waals surface area contributed by atoms with E-state index in [2.05, 4.69) is 27.3 Å². The van der Waals surface area contributed by atoms with E-state index in [1.54, 1.807) is 7.05 Å². The van der Waals surface area contributed by atoms with Crippen LogP contribution in [-0.2, 0) is 13.1 Å². The fourth-order valence-corrected chi connectivity index (χ4v) is 2.36. The van der Waals surface area contributed by atoms with Crippen LogP contribution in [0.1, 0.15) is 21.7 Å². The van der Waals surface area contributed by atoms with Gasteiger partial charge >= 0.3 is 0 Å². The van der Waals surface area contributed by atoms with Gasteiger partial charge in [0, 0.05) is 18.4 Å². The molecule has 0 atom stereocenters. The summed E-state index contributed by atoms with van der Waals surface area (Å²) in [6.45, 7) is 1.47. The summed E-state index contributed by atoms with van der Waals surface area (Å²) in [7, 11) is 1.66. The first-order valence-electron chi connectivity index (χ1n) is 6.02. The van der Waals surface area contributed by atoms with Gasteiger partial charge in [-0.3, -0.25) is 4.79 Å². The van der Waals surface area contributed by atoms with Crippen molar-refractivity contribution >= 4 is 11.6 Å². The number of hydrogen-bond acceptors (Lipinski definition) is 2. The van der Waals surface area contributed by atoms with Gasteiger partial charge in [0.2, 0.25) is 0 Å². The van der Waals surface area contributed by atoms with Crippen LogP contribution in [0.5, 0.6) is 0 Å². The Hall–Kier alpha value is -2.23. The number of hydrogen-bond donors (Lipinski definition) is 2. The van der Waals surface area contributed by atoms with Crippen molar-refractivity contribution in [2.24, 2.45) is 0 Å². The lowest BCUT2D eigenvalue weighted by molar-refractivity contribution is 0.0954. The van der Waals surface area contributed by atoms with Crippen LogP contribution >= 0.6 is 0 Å². The molecule has 1 aliphatic rings. The number of nitrogens with zero attached hydrogens (tertiary/aromatic N) is 1. The average molecular weight is 241 g/mol. The Kier molecular flexibility index (Phi) is 2.55. The highest BCUT2D eigenvalue weighted by Crippen LogP contribution is 2.23. The molecule has 92 valence electrons. The van der Waals surface area contributed by atoms with Crippen LogP contribution < -0.4 is 10.6 Å². The van der Waals surface area contributed by atoms with E-state index in [9.17, 15) is 4.79 Å². The van der Waals surface area contributed by atoms with Crippen molar-refractivity contribution in [3.8, 4) is 0 Å². The monoisotopic (exact) mass is 241 g/mol. The van der Waals surface area contributed by atoms with Gasteiger partial charge in [-0.1, -0.05) is 18.2 Å². The number of para-hydroxylation sites is 1. The summed E-state index contributed by atoms with van der Waals surface area (Å²) < 4.78 is 2.07.